The van der Waals surface area contributed by atoms with E-state index >= 15 is 0 Å². The van der Waals surface area contributed by atoms with E-state index in [1.807, 2.05) is 36.2 Å². The van der Waals surface area contributed by atoms with E-state index in [0.29, 0.717) is 26.4 Å². The van der Waals surface area contributed by atoms with Crippen molar-refractivity contribution in [2.24, 2.45) is 0 Å². The second-order valence-corrected chi connectivity index (χ2v) is 9.70. The fourth-order valence-electron chi connectivity index (χ4n) is 3.69. The van der Waals surface area contributed by atoms with Gasteiger partial charge in [-0.05, 0) is 63.9 Å². The number of carbonyl (C=O) groups is 1. The molecular formula is C25H29Cl3N4O2. The highest BCUT2D eigenvalue weighted by Crippen LogP contribution is 2.33. The van der Waals surface area contributed by atoms with Gasteiger partial charge in [0.2, 0.25) is 0 Å². The maximum Gasteiger partial charge on any atom is 0.286 e. The summed E-state index contributed by atoms with van der Waals surface area (Å²) in [6.45, 7) is 7.03. The van der Waals surface area contributed by atoms with Crippen LogP contribution in [-0.4, -0.2) is 45.0 Å². The molecule has 1 fully saturated rings. The minimum absolute atomic E-state index is 0.167. The first-order valence-electron chi connectivity index (χ1n) is 11.2. The second-order valence-electron chi connectivity index (χ2n) is 8.42. The Labute approximate surface area is 215 Å². The molecule has 2 N–H and O–H groups in total. The lowest BCUT2D eigenvalue weighted by molar-refractivity contribution is 0.0743. The molecule has 4 rings (SSSR count). The first-order chi connectivity index (χ1) is 16.2. The summed E-state index contributed by atoms with van der Waals surface area (Å²) in [5, 5.41) is 16.3. The molecule has 0 atom stereocenters. The van der Waals surface area contributed by atoms with Crippen molar-refractivity contribution in [3.05, 3.63) is 68.8 Å². The topological polar surface area (TPSA) is 70.4 Å². The van der Waals surface area contributed by atoms with E-state index in [0.717, 1.165) is 42.8 Å². The number of nitrogens with zero attached hydrogens (tertiary/aromatic N) is 3. The van der Waals surface area contributed by atoms with Crippen LogP contribution in [0.5, 0.6) is 0 Å². The van der Waals surface area contributed by atoms with E-state index in [9.17, 15) is 4.79 Å². The van der Waals surface area contributed by atoms with Crippen molar-refractivity contribution < 1.29 is 9.90 Å². The monoisotopic (exact) mass is 522 g/mol. The molecule has 9 heteroatoms. The average Bonchev–Trinajstić information content (AvgIpc) is 3.11. The smallest absolute Gasteiger partial charge is 0.286 e. The standard InChI is InChI=1S/C22H21Cl3N4O.C3H8O/c1-14-20(22(30)27-28-11-3-2-4-12-28)26-29(19-10-9-17(24)13-18(19)25)21(14)15-5-7-16(23)8-6-15;1-3(2)4/h5-10,13H,2-4,11-12H2,1H3,(H,27,30);3-4H,1-2H3. The van der Waals surface area contributed by atoms with Gasteiger partial charge in [0.25, 0.3) is 5.91 Å². The zero-order valence-corrected chi connectivity index (χ0v) is 21.8. The molecule has 1 aliphatic heterocycles. The number of halogens is 3. The van der Waals surface area contributed by atoms with Crippen LogP contribution >= 0.6 is 34.8 Å². The van der Waals surface area contributed by atoms with Crippen LogP contribution in [0.1, 0.15) is 49.2 Å². The Morgan fingerprint density at radius 2 is 1.59 bits per heavy atom. The molecule has 0 aliphatic carbocycles. The van der Waals surface area contributed by atoms with Gasteiger partial charge in [0.05, 0.1) is 16.4 Å². The number of hydrazine groups is 1. The summed E-state index contributed by atoms with van der Waals surface area (Å²) in [6.07, 6.45) is 3.17. The van der Waals surface area contributed by atoms with Gasteiger partial charge in [-0.1, -0.05) is 53.4 Å². The van der Waals surface area contributed by atoms with Gasteiger partial charge in [0.1, 0.15) is 0 Å². The highest BCUT2D eigenvalue weighted by atomic mass is 35.5. The Balaban J connectivity index is 0.000000751. The van der Waals surface area contributed by atoms with Gasteiger partial charge >= 0.3 is 0 Å². The first kappa shape index (κ1) is 26.5. The van der Waals surface area contributed by atoms with Crippen molar-refractivity contribution >= 4 is 40.7 Å². The van der Waals surface area contributed by atoms with Gasteiger partial charge in [-0.2, -0.15) is 5.10 Å². The number of piperidine rings is 1. The molecule has 0 bridgehead atoms. The molecule has 0 radical (unpaired) electrons. The summed E-state index contributed by atoms with van der Waals surface area (Å²) in [5.74, 6) is -0.228. The zero-order valence-electron chi connectivity index (χ0n) is 19.5. The summed E-state index contributed by atoms with van der Waals surface area (Å²) >= 11 is 18.6. The summed E-state index contributed by atoms with van der Waals surface area (Å²) in [7, 11) is 0. The summed E-state index contributed by atoms with van der Waals surface area (Å²) in [4.78, 5) is 13.1. The number of rotatable bonds is 4. The fourth-order valence-corrected chi connectivity index (χ4v) is 4.30. The molecule has 0 saturated carbocycles. The van der Waals surface area contributed by atoms with Crippen molar-refractivity contribution in [2.75, 3.05) is 13.1 Å². The van der Waals surface area contributed by atoms with Crippen LogP contribution in [0, 0.1) is 6.92 Å². The summed E-state index contributed by atoms with van der Waals surface area (Å²) in [5.41, 5.74) is 6.42. The van der Waals surface area contributed by atoms with E-state index in [2.05, 4.69) is 10.5 Å². The second kappa shape index (κ2) is 12.0. The molecule has 182 valence electrons. The number of aliphatic hydroxyl groups is 1. The molecule has 2 aromatic carbocycles. The van der Waals surface area contributed by atoms with Crippen molar-refractivity contribution in [1.82, 2.24) is 20.2 Å². The van der Waals surface area contributed by atoms with Crippen molar-refractivity contribution in [1.29, 1.82) is 0 Å². The zero-order chi connectivity index (χ0) is 24.8. The average molecular weight is 524 g/mol. The van der Waals surface area contributed by atoms with Crippen LogP contribution in [0.4, 0.5) is 0 Å². The van der Waals surface area contributed by atoms with Crippen LogP contribution in [0.2, 0.25) is 15.1 Å². The number of amides is 1. The number of benzene rings is 2. The summed E-state index contributed by atoms with van der Waals surface area (Å²) < 4.78 is 1.70. The van der Waals surface area contributed by atoms with Crippen molar-refractivity contribution in [3.8, 4) is 16.9 Å². The third-order valence-electron chi connectivity index (χ3n) is 5.21. The van der Waals surface area contributed by atoms with Crippen LogP contribution in [0.25, 0.3) is 16.9 Å². The van der Waals surface area contributed by atoms with Crippen LogP contribution in [0.15, 0.2) is 42.5 Å². The quantitative estimate of drug-likeness (QED) is 0.419. The molecule has 0 spiro atoms. The number of hydrogen-bond donors (Lipinski definition) is 2. The van der Waals surface area contributed by atoms with Gasteiger partial charge in [0, 0.05) is 40.4 Å². The van der Waals surface area contributed by atoms with Crippen LogP contribution in [0.3, 0.4) is 0 Å². The Morgan fingerprint density at radius 3 is 2.18 bits per heavy atom. The van der Waals surface area contributed by atoms with Gasteiger partial charge in [-0.15, -0.1) is 0 Å². The van der Waals surface area contributed by atoms with Gasteiger partial charge in [0.15, 0.2) is 5.69 Å². The number of carbonyl (C=O) groups excluding carboxylic acids is 1. The van der Waals surface area contributed by atoms with Crippen molar-refractivity contribution in [3.63, 3.8) is 0 Å². The van der Waals surface area contributed by atoms with E-state index in [4.69, 9.17) is 39.9 Å². The molecule has 34 heavy (non-hydrogen) atoms. The molecule has 1 aliphatic rings. The predicted molar refractivity (Wildman–Crippen MR) is 139 cm³/mol. The van der Waals surface area contributed by atoms with Gasteiger partial charge < -0.3 is 5.11 Å². The number of aliphatic hydroxyl groups excluding tert-OH is 1. The minimum atomic E-state index is -0.228. The molecular weight excluding hydrogens is 495 g/mol. The van der Waals surface area contributed by atoms with Crippen molar-refractivity contribution in [2.45, 2.75) is 46.1 Å². The first-order valence-corrected chi connectivity index (χ1v) is 12.4. The lowest BCUT2D eigenvalue weighted by Gasteiger charge is -2.26. The number of nitrogens with one attached hydrogen (secondary N) is 1. The molecule has 6 nitrogen and oxygen atoms in total. The third-order valence-corrected chi connectivity index (χ3v) is 6.00. The van der Waals surface area contributed by atoms with Gasteiger partial charge in [-0.3, -0.25) is 10.2 Å². The Kier molecular flexibility index (Phi) is 9.39. The van der Waals surface area contributed by atoms with E-state index < -0.39 is 0 Å². The maximum absolute atomic E-state index is 13.1. The molecule has 1 aromatic heterocycles. The molecule has 1 amide bonds. The summed E-state index contributed by atoms with van der Waals surface area (Å²) in [6, 6.07) is 12.6. The van der Waals surface area contributed by atoms with E-state index in [1.165, 1.54) is 6.42 Å². The third kappa shape index (κ3) is 6.74. The van der Waals surface area contributed by atoms with Gasteiger partial charge in [-0.25, -0.2) is 9.69 Å². The molecule has 0 unspecified atom stereocenters. The van der Waals surface area contributed by atoms with E-state index in [1.54, 1.807) is 36.7 Å². The van der Waals surface area contributed by atoms with Crippen LogP contribution < -0.4 is 5.43 Å². The highest BCUT2D eigenvalue weighted by molar-refractivity contribution is 6.35. The predicted octanol–water partition coefficient (Wildman–Crippen LogP) is 6.33. The number of aromatic nitrogens is 2. The lowest BCUT2D eigenvalue weighted by Crippen LogP contribution is -2.45. The van der Waals surface area contributed by atoms with E-state index in [-0.39, 0.29) is 12.0 Å². The highest BCUT2D eigenvalue weighted by Gasteiger charge is 2.24. The van der Waals surface area contributed by atoms with Crippen LogP contribution in [-0.2, 0) is 0 Å². The fraction of sp³-hybridized carbons (Fsp3) is 0.360. The minimum Gasteiger partial charge on any atom is -0.394 e. The molecule has 1 saturated heterocycles. The molecule has 3 aromatic rings. The SMILES string of the molecule is CC(C)O.Cc1c(C(=O)NN2CCCCC2)nn(-c2ccc(Cl)cc2Cl)c1-c1ccc(Cl)cc1. The Morgan fingerprint density at radius 1 is 1.00 bits per heavy atom. The largest absolute Gasteiger partial charge is 0.394 e. The molecule has 2 heterocycles. The Bertz CT molecular complexity index is 1120. The lowest BCUT2D eigenvalue weighted by atomic mass is 10.1. The maximum atomic E-state index is 13.1. The Hall–Kier alpha value is -2.09. The normalized spacial score (nSPS) is 14.0. The number of hydrogen-bond acceptors (Lipinski definition) is 4.